The van der Waals surface area contributed by atoms with Crippen LogP contribution in [0.3, 0.4) is 0 Å². The fourth-order valence-electron chi connectivity index (χ4n) is 1.63. The second-order valence-electron chi connectivity index (χ2n) is 3.64. The van der Waals surface area contributed by atoms with E-state index in [1.807, 2.05) is 18.2 Å². The minimum atomic E-state index is 0.0163. The summed E-state index contributed by atoms with van der Waals surface area (Å²) in [6.45, 7) is 0.656. The Kier molecular flexibility index (Phi) is 4.42. The van der Waals surface area contributed by atoms with Crippen LogP contribution in [0.25, 0.3) is 10.1 Å². The van der Waals surface area contributed by atoms with Crippen LogP contribution in [0.1, 0.15) is 5.56 Å². The molecule has 0 spiro atoms. The molecule has 90 valence electrons. The molecule has 5 heteroatoms. The number of halogens is 2. The van der Waals surface area contributed by atoms with Crippen LogP contribution in [-0.4, -0.2) is 17.8 Å². The number of benzene rings is 1. The molecule has 1 N–H and O–H groups in total. The number of carbonyl (C=O) groups excluding carboxylic acids is 1. The zero-order valence-electron chi connectivity index (χ0n) is 9.00. The molecule has 2 aromatic rings. The number of carbonyl (C=O) groups is 1. The van der Waals surface area contributed by atoms with Crippen LogP contribution in [0.4, 0.5) is 0 Å². The molecule has 0 aliphatic rings. The fourth-order valence-corrected chi connectivity index (χ4v) is 2.98. The second-order valence-corrected chi connectivity index (χ2v) is 5.54. The third-order valence-electron chi connectivity index (χ3n) is 2.45. The third kappa shape index (κ3) is 3.21. The molecule has 1 heterocycles. The molecular weight excluding hydrogens is 322 g/mol. The topological polar surface area (TPSA) is 29.1 Å². The average Bonchev–Trinajstić information content (AvgIpc) is 2.72. The fraction of sp³-hybridized carbons (Fsp3) is 0.250. The number of hydrogen-bond acceptors (Lipinski definition) is 2. The Morgan fingerprint density at radius 3 is 3.06 bits per heavy atom. The molecule has 0 unspecified atom stereocenters. The van der Waals surface area contributed by atoms with Crippen molar-refractivity contribution in [1.82, 2.24) is 5.32 Å². The van der Waals surface area contributed by atoms with E-state index in [0.717, 1.165) is 11.4 Å². The Morgan fingerprint density at radius 1 is 1.47 bits per heavy atom. The third-order valence-corrected chi connectivity index (χ3v) is 4.21. The highest BCUT2D eigenvalue weighted by molar-refractivity contribution is 9.09. The molecular formula is C12H11BrClNOS. The highest BCUT2D eigenvalue weighted by Gasteiger charge is 2.05. The Hall–Kier alpha value is -0.580. The van der Waals surface area contributed by atoms with E-state index in [9.17, 15) is 4.79 Å². The lowest BCUT2D eigenvalue weighted by Gasteiger charge is -2.02. The number of amides is 1. The zero-order valence-corrected chi connectivity index (χ0v) is 12.2. The maximum atomic E-state index is 11.1. The molecule has 1 aromatic heterocycles. The van der Waals surface area contributed by atoms with Gasteiger partial charge in [-0.2, -0.15) is 0 Å². The molecule has 0 saturated heterocycles. The van der Waals surface area contributed by atoms with Crippen molar-refractivity contribution < 1.29 is 4.79 Å². The first-order chi connectivity index (χ1) is 8.20. The van der Waals surface area contributed by atoms with E-state index in [-0.39, 0.29) is 5.91 Å². The van der Waals surface area contributed by atoms with Crippen molar-refractivity contribution in [3.05, 3.63) is 34.2 Å². The van der Waals surface area contributed by atoms with Crippen LogP contribution in [0.5, 0.6) is 0 Å². The van der Waals surface area contributed by atoms with E-state index in [1.54, 1.807) is 11.3 Å². The van der Waals surface area contributed by atoms with E-state index >= 15 is 0 Å². The normalized spacial score (nSPS) is 10.7. The summed E-state index contributed by atoms with van der Waals surface area (Å²) in [5, 5.41) is 7.25. The first-order valence-electron chi connectivity index (χ1n) is 5.19. The molecule has 2 rings (SSSR count). The van der Waals surface area contributed by atoms with Crippen molar-refractivity contribution in [2.75, 3.05) is 11.9 Å². The van der Waals surface area contributed by atoms with Crippen molar-refractivity contribution >= 4 is 54.9 Å². The summed E-state index contributed by atoms with van der Waals surface area (Å²) in [4.78, 5) is 11.1. The SMILES string of the molecule is O=C(CBr)NCCc1csc2ccc(Cl)cc12. The lowest BCUT2D eigenvalue weighted by atomic mass is 10.1. The quantitative estimate of drug-likeness (QED) is 0.852. The predicted octanol–water partition coefficient (Wildman–Crippen LogP) is 3.61. The van der Waals surface area contributed by atoms with Crippen LogP contribution in [0.2, 0.25) is 5.02 Å². The lowest BCUT2D eigenvalue weighted by molar-refractivity contribution is -0.118. The summed E-state index contributed by atoms with van der Waals surface area (Å²) in [6, 6.07) is 5.91. The van der Waals surface area contributed by atoms with E-state index in [0.29, 0.717) is 11.9 Å². The average molecular weight is 333 g/mol. The Balaban J connectivity index is 2.08. The van der Waals surface area contributed by atoms with Gasteiger partial charge in [-0.05, 0) is 40.9 Å². The molecule has 1 amide bonds. The van der Waals surface area contributed by atoms with Gasteiger partial charge in [0.25, 0.3) is 0 Å². The van der Waals surface area contributed by atoms with Gasteiger partial charge in [0.2, 0.25) is 5.91 Å². The number of hydrogen-bond donors (Lipinski definition) is 1. The summed E-state index contributed by atoms with van der Waals surface area (Å²) < 4.78 is 1.23. The summed E-state index contributed by atoms with van der Waals surface area (Å²) in [6.07, 6.45) is 0.832. The number of rotatable bonds is 4. The predicted molar refractivity (Wildman–Crippen MR) is 77.3 cm³/mol. The Labute approximate surface area is 117 Å². The number of fused-ring (bicyclic) bond motifs is 1. The van der Waals surface area contributed by atoms with Crippen LogP contribution in [-0.2, 0) is 11.2 Å². The molecule has 0 atom stereocenters. The first-order valence-corrected chi connectivity index (χ1v) is 7.57. The van der Waals surface area contributed by atoms with Gasteiger partial charge in [0.1, 0.15) is 0 Å². The molecule has 2 nitrogen and oxygen atoms in total. The Morgan fingerprint density at radius 2 is 2.29 bits per heavy atom. The molecule has 0 fully saturated rings. The summed E-state index contributed by atoms with van der Waals surface area (Å²) in [5.41, 5.74) is 1.24. The first kappa shape index (κ1) is 12.9. The molecule has 0 aliphatic carbocycles. The zero-order chi connectivity index (χ0) is 12.3. The number of alkyl halides is 1. The van der Waals surface area contributed by atoms with E-state index in [2.05, 4.69) is 26.6 Å². The molecule has 0 aliphatic heterocycles. The van der Waals surface area contributed by atoms with Crippen LogP contribution < -0.4 is 5.32 Å². The van der Waals surface area contributed by atoms with Crippen molar-refractivity contribution in [2.24, 2.45) is 0 Å². The van der Waals surface area contributed by atoms with E-state index in [1.165, 1.54) is 15.6 Å². The van der Waals surface area contributed by atoms with Crippen LogP contribution in [0.15, 0.2) is 23.6 Å². The summed E-state index contributed by atoms with van der Waals surface area (Å²) >= 11 is 10.8. The minimum Gasteiger partial charge on any atom is -0.355 e. The number of thiophene rings is 1. The number of nitrogens with one attached hydrogen (secondary N) is 1. The summed E-state index contributed by atoms with van der Waals surface area (Å²) in [7, 11) is 0. The van der Waals surface area contributed by atoms with Gasteiger partial charge in [-0.1, -0.05) is 27.5 Å². The lowest BCUT2D eigenvalue weighted by Crippen LogP contribution is -2.26. The van der Waals surface area contributed by atoms with Gasteiger partial charge in [-0.15, -0.1) is 11.3 Å². The van der Waals surface area contributed by atoms with Gasteiger partial charge < -0.3 is 5.32 Å². The molecule has 0 saturated carbocycles. The maximum absolute atomic E-state index is 11.1. The molecule has 17 heavy (non-hydrogen) atoms. The van der Waals surface area contributed by atoms with E-state index < -0.39 is 0 Å². The van der Waals surface area contributed by atoms with Crippen molar-refractivity contribution in [3.8, 4) is 0 Å². The largest absolute Gasteiger partial charge is 0.355 e. The van der Waals surface area contributed by atoms with Gasteiger partial charge in [-0.3, -0.25) is 4.79 Å². The maximum Gasteiger partial charge on any atom is 0.230 e. The minimum absolute atomic E-state index is 0.0163. The van der Waals surface area contributed by atoms with Gasteiger partial charge in [0, 0.05) is 16.3 Å². The molecule has 0 bridgehead atoms. The summed E-state index contributed by atoms with van der Waals surface area (Å²) in [5.74, 6) is 0.0163. The van der Waals surface area contributed by atoms with Gasteiger partial charge in [0.05, 0.1) is 5.33 Å². The van der Waals surface area contributed by atoms with Crippen LogP contribution >= 0.6 is 38.9 Å². The van der Waals surface area contributed by atoms with E-state index in [4.69, 9.17) is 11.6 Å². The van der Waals surface area contributed by atoms with Crippen LogP contribution in [0, 0.1) is 0 Å². The highest BCUT2D eigenvalue weighted by atomic mass is 79.9. The Bertz CT molecular complexity index is 540. The second kappa shape index (κ2) is 5.85. The van der Waals surface area contributed by atoms with Crippen molar-refractivity contribution in [1.29, 1.82) is 0 Å². The monoisotopic (exact) mass is 331 g/mol. The van der Waals surface area contributed by atoms with Gasteiger partial charge in [0.15, 0.2) is 0 Å². The van der Waals surface area contributed by atoms with Gasteiger partial charge in [-0.25, -0.2) is 0 Å². The highest BCUT2D eigenvalue weighted by Crippen LogP contribution is 2.28. The van der Waals surface area contributed by atoms with Crippen molar-refractivity contribution in [3.63, 3.8) is 0 Å². The molecule has 1 aromatic carbocycles. The molecule has 0 radical (unpaired) electrons. The standard InChI is InChI=1S/C12H11BrClNOS/c13-6-12(16)15-4-3-8-7-17-11-2-1-9(14)5-10(8)11/h1-2,5,7H,3-4,6H2,(H,15,16). The smallest absolute Gasteiger partial charge is 0.230 e. The van der Waals surface area contributed by atoms with Gasteiger partial charge >= 0.3 is 0 Å². The van der Waals surface area contributed by atoms with Crippen molar-refractivity contribution in [2.45, 2.75) is 6.42 Å².